The molecule has 0 N–H and O–H groups in total. The van der Waals surface area contributed by atoms with E-state index >= 15 is 0 Å². The monoisotopic (exact) mass is 373 g/mol. The lowest BCUT2D eigenvalue weighted by atomic mass is 10.2. The number of hydrogen-bond acceptors (Lipinski definition) is 6. The van der Waals surface area contributed by atoms with Crippen molar-refractivity contribution in [3.63, 3.8) is 0 Å². The van der Waals surface area contributed by atoms with Gasteiger partial charge in [0.25, 0.3) is 10.1 Å². The summed E-state index contributed by atoms with van der Waals surface area (Å²) < 4.78 is 40.3. The van der Waals surface area contributed by atoms with Crippen molar-refractivity contribution < 1.29 is 21.8 Å². The first-order valence-electron chi connectivity index (χ1n) is 8.05. The van der Waals surface area contributed by atoms with E-state index in [0.29, 0.717) is 11.6 Å². The Bertz CT molecular complexity index is 963. The molecule has 0 unspecified atom stereocenters. The Morgan fingerprint density at radius 3 is 2.38 bits per heavy atom. The van der Waals surface area contributed by atoms with E-state index in [1.165, 1.54) is 19.2 Å². The van der Waals surface area contributed by atoms with Crippen molar-refractivity contribution >= 4 is 10.1 Å². The van der Waals surface area contributed by atoms with Crippen LogP contribution in [0.5, 0.6) is 5.95 Å². The van der Waals surface area contributed by atoms with Gasteiger partial charge in [-0.3, -0.25) is 4.18 Å². The molecule has 0 aliphatic heterocycles. The van der Waals surface area contributed by atoms with Crippen LogP contribution in [0.15, 0.2) is 63.9 Å². The molecule has 7 heteroatoms. The van der Waals surface area contributed by atoms with Crippen molar-refractivity contribution in [3.8, 4) is 17.4 Å². The molecule has 1 heterocycles. The minimum absolute atomic E-state index is 0.0622. The van der Waals surface area contributed by atoms with Crippen LogP contribution in [0.3, 0.4) is 0 Å². The number of ether oxygens (including phenoxy) is 1. The van der Waals surface area contributed by atoms with Crippen LogP contribution in [0.4, 0.5) is 0 Å². The lowest BCUT2D eigenvalue weighted by Gasteiger charge is -2.05. The van der Waals surface area contributed by atoms with Crippen molar-refractivity contribution in [1.29, 1.82) is 0 Å². The van der Waals surface area contributed by atoms with Crippen LogP contribution in [-0.2, 0) is 20.7 Å². The predicted molar refractivity (Wildman–Crippen MR) is 96.5 cm³/mol. The second-order valence-corrected chi connectivity index (χ2v) is 7.28. The SMILES string of the molecule is COc1oc(-c2ccccc2)nc1CCOS(=O)(=O)c1ccc(C)cc1. The van der Waals surface area contributed by atoms with E-state index in [2.05, 4.69) is 4.98 Å². The number of aromatic nitrogens is 1. The number of oxazole rings is 1. The van der Waals surface area contributed by atoms with Crippen LogP contribution < -0.4 is 4.74 Å². The van der Waals surface area contributed by atoms with Gasteiger partial charge in [-0.05, 0) is 31.2 Å². The molecule has 0 radical (unpaired) electrons. The van der Waals surface area contributed by atoms with E-state index in [1.807, 2.05) is 37.3 Å². The normalized spacial score (nSPS) is 11.5. The van der Waals surface area contributed by atoms with Crippen LogP contribution in [-0.4, -0.2) is 27.1 Å². The molecule has 1 aromatic heterocycles. The standard InChI is InChI=1S/C19H19NO5S/c1-14-8-10-16(11-9-14)26(21,22)24-13-12-17-19(23-2)25-18(20-17)15-6-4-3-5-7-15/h3-11H,12-13H2,1-2H3. The topological polar surface area (TPSA) is 78.6 Å². The fourth-order valence-electron chi connectivity index (χ4n) is 2.38. The Labute approximate surface area is 152 Å². The lowest BCUT2D eigenvalue weighted by Crippen LogP contribution is -2.09. The summed E-state index contributed by atoms with van der Waals surface area (Å²) in [7, 11) is -2.34. The highest BCUT2D eigenvalue weighted by atomic mass is 32.2. The van der Waals surface area contributed by atoms with Gasteiger partial charge in [0.15, 0.2) is 0 Å². The van der Waals surface area contributed by atoms with Gasteiger partial charge in [-0.15, -0.1) is 0 Å². The van der Waals surface area contributed by atoms with Gasteiger partial charge in [0, 0.05) is 12.0 Å². The fraction of sp³-hybridized carbons (Fsp3) is 0.211. The molecule has 0 bridgehead atoms. The van der Waals surface area contributed by atoms with Crippen molar-refractivity contribution in [3.05, 3.63) is 65.9 Å². The van der Waals surface area contributed by atoms with Gasteiger partial charge in [-0.2, -0.15) is 8.42 Å². The van der Waals surface area contributed by atoms with E-state index in [0.717, 1.165) is 11.1 Å². The average Bonchev–Trinajstić information content (AvgIpc) is 3.06. The molecule has 0 fully saturated rings. The molecule has 2 aromatic carbocycles. The highest BCUT2D eigenvalue weighted by Crippen LogP contribution is 2.27. The molecular formula is C19H19NO5S. The third-order valence-electron chi connectivity index (χ3n) is 3.75. The summed E-state index contributed by atoms with van der Waals surface area (Å²) in [5.74, 6) is 0.666. The van der Waals surface area contributed by atoms with Crippen molar-refractivity contribution in [1.82, 2.24) is 4.98 Å². The van der Waals surface area contributed by atoms with Crippen LogP contribution >= 0.6 is 0 Å². The second kappa shape index (κ2) is 7.72. The van der Waals surface area contributed by atoms with Crippen LogP contribution in [0.2, 0.25) is 0 Å². The zero-order valence-corrected chi connectivity index (χ0v) is 15.3. The molecule has 0 spiro atoms. The quantitative estimate of drug-likeness (QED) is 0.589. The first-order chi connectivity index (χ1) is 12.5. The van der Waals surface area contributed by atoms with Gasteiger partial charge in [0.2, 0.25) is 5.89 Å². The highest BCUT2D eigenvalue weighted by Gasteiger charge is 2.18. The molecule has 26 heavy (non-hydrogen) atoms. The maximum atomic E-state index is 12.2. The van der Waals surface area contributed by atoms with Gasteiger partial charge in [-0.1, -0.05) is 35.9 Å². The smallest absolute Gasteiger partial charge is 0.308 e. The Morgan fingerprint density at radius 1 is 1.04 bits per heavy atom. The molecule has 0 atom stereocenters. The number of benzene rings is 2. The third-order valence-corrected chi connectivity index (χ3v) is 5.08. The van der Waals surface area contributed by atoms with E-state index in [4.69, 9.17) is 13.3 Å². The molecule has 0 saturated heterocycles. The maximum Gasteiger partial charge on any atom is 0.308 e. The molecule has 3 rings (SSSR count). The number of aryl methyl sites for hydroxylation is 1. The highest BCUT2D eigenvalue weighted by molar-refractivity contribution is 7.86. The van der Waals surface area contributed by atoms with E-state index in [9.17, 15) is 8.42 Å². The van der Waals surface area contributed by atoms with Crippen molar-refractivity contribution in [2.24, 2.45) is 0 Å². The molecular weight excluding hydrogens is 354 g/mol. The van der Waals surface area contributed by atoms with Crippen molar-refractivity contribution in [2.45, 2.75) is 18.2 Å². The summed E-state index contributed by atoms with van der Waals surface area (Å²) >= 11 is 0. The summed E-state index contributed by atoms with van der Waals surface area (Å²) in [6.45, 7) is 1.83. The average molecular weight is 373 g/mol. The Kier molecular flexibility index (Phi) is 5.39. The van der Waals surface area contributed by atoms with Gasteiger partial charge in [0.05, 0.1) is 18.6 Å². The largest absolute Gasteiger partial charge is 0.467 e. The summed E-state index contributed by atoms with van der Waals surface area (Å²) in [4.78, 5) is 4.51. The second-order valence-electron chi connectivity index (χ2n) is 5.66. The summed E-state index contributed by atoms with van der Waals surface area (Å²) in [6.07, 6.45) is 0.241. The molecule has 0 saturated carbocycles. The Hall–Kier alpha value is -2.64. The fourth-order valence-corrected chi connectivity index (χ4v) is 3.29. The van der Waals surface area contributed by atoms with Crippen LogP contribution in [0.25, 0.3) is 11.5 Å². The Balaban J connectivity index is 1.70. The van der Waals surface area contributed by atoms with Crippen molar-refractivity contribution in [2.75, 3.05) is 13.7 Å². The van der Waals surface area contributed by atoms with Gasteiger partial charge in [-0.25, -0.2) is 4.98 Å². The predicted octanol–water partition coefficient (Wildman–Crippen LogP) is 3.61. The molecule has 0 aliphatic rings. The number of hydrogen-bond donors (Lipinski definition) is 0. The van der Waals surface area contributed by atoms with Crippen LogP contribution in [0, 0.1) is 6.92 Å². The first-order valence-corrected chi connectivity index (χ1v) is 9.45. The van der Waals surface area contributed by atoms with Gasteiger partial charge in [0.1, 0.15) is 5.69 Å². The molecule has 0 aliphatic carbocycles. The van der Waals surface area contributed by atoms with Crippen LogP contribution in [0.1, 0.15) is 11.3 Å². The minimum Gasteiger partial charge on any atom is -0.467 e. The zero-order valence-electron chi connectivity index (χ0n) is 14.5. The van der Waals surface area contributed by atoms with E-state index in [-0.39, 0.29) is 23.9 Å². The number of nitrogens with zero attached hydrogens (tertiary/aromatic N) is 1. The third kappa shape index (κ3) is 4.12. The van der Waals surface area contributed by atoms with Gasteiger partial charge < -0.3 is 9.15 Å². The zero-order chi connectivity index (χ0) is 18.6. The molecule has 136 valence electrons. The molecule has 0 amide bonds. The van der Waals surface area contributed by atoms with Gasteiger partial charge >= 0.3 is 5.95 Å². The Morgan fingerprint density at radius 2 is 1.73 bits per heavy atom. The first kappa shape index (κ1) is 18.2. The number of rotatable bonds is 7. The van der Waals surface area contributed by atoms with E-state index < -0.39 is 10.1 Å². The maximum absolute atomic E-state index is 12.2. The number of methoxy groups -OCH3 is 1. The van der Waals surface area contributed by atoms with E-state index in [1.54, 1.807) is 12.1 Å². The lowest BCUT2D eigenvalue weighted by molar-refractivity contribution is 0.293. The summed E-state index contributed by atoms with van der Waals surface area (Å²) in [6, 6.07) is 15.9. The minimum atomic E-state index is -3.81. The molecule has 3 aromatic rings. The summed E-state index contributed by atoms with van der Waals surface area (Å²) in [5.41, 5.74) is 2.29. The summed E-state index contributed by atoms with van der Waals surface area (Å²) in [5, 5.41) is 0. The molecule has 6 nitrogen and oxygen atoms in total.